The molecule has 0 fully saturated rings. The Labute approximate surface area is 131 Å². The lowest BCUT2D eigenvalue weighted by molar-refractivity contribution is 0.281. The number of aliphatic hydroxyl groups is 1. The first kappa shape index (κ1) is 16.0. The quantitative estimate of drug-likeness (QED) is 0.908. The molecule has 21 heavy (non-hydrogen) atoms. The van der Waals surface area contributed by atoms with E-state index in [9.17, 15) is 5.11 Å². The van der Waals surface area contributed by atoms with Gasteiger partial charge in [-0.05, 0) is 36.1 Å². The largest absolute Gasteiger partial charge is 0.392 e. The van der Waals surface area contributed by atoms with Gasteiger partial charge < -0.3 is 10.0 Å². The highest BCUT2D eigenvalue weighted by Crippen LogP contribution is 2.26. The number of aliphatic hydroxyl groups excluding tert-OH is 1. The van der Waals surface area contributed by atoms with Crippen molar-refractivity contribution in [2.75, 3.05) is 11.4 Å². The fourth-order valence-corrected chi connectivity index (χ4v) is 2.87. The maximum Gasteiger partial charge on any atom is 0.129 e. The van der Waals surface area contributed by atoms with Gasteiger partial charge in [0.25, 0.3) is 0 Å². The Morgan fingerprint density at radius 3 is 2.57 bits per heavy atom. The van der Waals surface area contributed by atoms with Crippen LogP contribution in [0.25, 0.3) is 0 Å². The molecule has 0 amide bonds. The number of rotatable bonds is 5. The van der Waals surface area contributed by atoms with Gasteiger partial charge in [-0.25, -0.2) is 4.98 Å². The molecule has 3 nitrogen and oxygen atoms in total. The molecule has 1 N–H and O–H groups in total. The Hall–Kier alpha value is -1.39. The summed E-state index contributed by atoms with van der Waals surface area (Å²) < 4.78 is 0. The van der Waals surface area contributed by atoms with E-state index in [4.69, 9.17) is 4.98 Å². The van der Waals surface area contributed by atoms with Crippen LogP contribution in [0.4, 0.5) is 5.82 Å². The molecular weight excluding hydrogens is 280 g/mol. The van der Waals surface area contributed by atoms with Crippen molar-refractivity contribution in [2.45, 2.75) is 46.3 Å². The van der Waals surface area contributed by atoms with Gasteiger partial charge in [0.1, 0.15) is 5.82 Å². The fraction of sp³-hybridized carbons (Fsp3) is 0.471. The minimum atomic E-state index is -0.0255. The SMILES string of the molecule is CCN(Cc1cccs1)c1cc(CO)cc(C(C)(C)C)n1. The minimum absolute atomic E-state index is 0.0255. The van der Waals surface area contributed by atoms with Gasteiger partial charge in [-0.1, -0.05) is 26.8 Å². The first-order valence-corrected chi connectivity index (χ1v) is 8.21. The van der Waals surface area contributed by atoms with Crippen LogP contribution in [-0.4, -0.2) is 16.6 Å². The van der Waals surface area contributed by atoms with E-state index in [1.807, 2.05) is 12.1 Å². The molecule has 2 aromatic heterocycles. The van der Waals surface area contributed by atoms with Crippen LogP contribution in [0, 0.1) is 0 Å². The predicted molar refractivity (Wildman–Crippen MR) is 89.9 cm³/mol. The van der Waals surface area contributed by atoms with Gasteiger partial charge in [0.2, 0.25) is 0 Å². The summed E-state index contributed by atoms with van der Waals surface area (Å²) in [6.45, 7) is 10.4. The molecule has 2 rings (SSSR count). The van der Waals surface area contributed by atoms with Crippen LogP contribution in [0.5, 0.6) is 0 Å². The van der Waals surface area contributed by atoms with E-state index in [0.717, 1.165) is 30.2 Å². The zero-order chi connectivity index (χ0) is 15.5. The van der Waals surface area contributed by atoms with Gasteiger partial charge in [-0.2, -0.15) is 0 Å². The summed E-state index contributed by atoms with van der Waals surface area (Å²) in [4.78, 5) is 8.40. The molecule has 0 spiro atoms. The molecule has 4 heteroatoms. The van der Waals surface area contributed by atoms with Gasteiger partial charge in [0.05, 0.1) is 13.2 Å². The molecular formula is C17H24N2OS. The molecule has 0 aliphatic rings. The van der Waals surface area contributed by atoms with Crippen molar-refractivity contribution in [3.05, 3.63) is 45.8 Å². The van der Waals surface area contributed by atoms with Crippen molar-refractivity contribution < 1.29 is 5.11 Å². The molecule has 2 heterocycles. The third kappa shape index (κ3) is 4.05. The minimum Gasteiger partial charge on any atom is -0.392 e. The number of anilines is 1. The number of hydrogen-bond acceptors (Lipinski definition) is 4. The Kier molecular flexibility index (Phi) is 5.01. The second-order valence-electron chi connectivity index (χ2n) is 6.22. The summed E-state index contributed by atoms with van der Waals surface area (Å²) in [7, 11) is 0. The van der Waals surface area contributed by atoms with Crippen molar-refractivity contribution >= 4 is 17.2 Å². The number of thiophene rings is 1. The standard InChI is InChI=1S/C17H24N2OS/c1-5-19(11-14-7-6-8-21-14)16-10-13(12-20)9-15(18-16)17(2,3)4/h6-10,20H,5,11-12H2,1-4H3. The van der Waals surface area contributed by atoms with Crippen LogP contribution in [0.1, 0.15) is 43.8 Å². The highest BCUT2D eigenvalue weighted by molar-refractivity contribution is 7.09. The van der Waals surface area contributed by atoms with Gasteiger partial charge in [-0.15, -0.1) is 11.3 Å². The number of hydrogen-bond donors (Lipinski definition) is 1. The summed E-state index contributed by atoms with van der Waals surface area (Å²) in [6, 6.07) is 8.22. The molecule has 0 aliphatic heterocycles. The normalized spacial score (nSPS) is 11.7. The Morgan fingerprint density at radius 2 is 2.05 bits per heavy atom. The molecule has 114 valence electrons. The second kappa shape index (κ2) is 6.58. The summed E-state index contributed by atoms with van der Waals surface area (Å²) in [5.41, 5.74) is 1.92. The lowest BCUT2D eigenvalue weighted by Crippen LogP contribution is -2.24. The molecule has 0 aromatic carbocycles. The van der Waals surface area contributed by atoms with Crippen LogP contribution in [0.15, 0.2) is 29.6 Å². The van der Waals surface area contributed by atoms with E-state index in [1.165, 1.54) is 4.88 Å². The zero-order valence-corrected chi connectivity index (χ0v) is 14.1. The monoisotopic (exact) mass is 304 g/mol. The lowest BCUT2D eigenvalue weighted by atomic mass is 9.91. The number of nitrogens with zero attached hydrogens (tertiary/aromatic N) is 2. The van der Waals surface area contributed by atoms with Crippen molar-refractivity contribution in [3.63, 3.8) is 0 Å². The highest BCUT2D eigenvalue weighted by Gasteiger charge is 2.19. The Morgan fingerprint density at radius 1 is 1.29 bits per heavy atom. The first-order chi connectivity index (χ1) is 9.94. The van der Waals surface area contributed by atoms with Crippen molar-refractivity contribution in [1.29, 1.82) is 0 Å². The first-order valence-electron chi connectivity index (χ1n) is 7.33. The van der Waals surface area contributed by atoms with Crippen molar-refractivity contribution in [2.24, 2.45) is 0 Å². The third-order valence-electron chi connectivity index (χ3n) is 3.46. The van der Waals surface area contributed by atoms with E-state index in [1.54, 1.807) is 11.3 Å². The molecule has 0 aliphatic carbocycles. The molecule has 0 unspecified atom stereocenters. The lowest BCUT2D eigenvalue weighted by Gasteiger charge is -2.25. The van der Waals surface area contributed by atoms with E-state index < -0.39 is 0 Å². The Bertz CT molecular complexity index is 573. The van der Waals surface area contributed by atoms with E-state index >= 15 is 0 Å². The summed E-state index contributed by atoms with van der Waals surface area (Å²) >= 11 is 1.76. The van der Waals surface area contributed by atoms with E-state index in [-0.39, 0.29) is 12.0 Å². The molecule has 2 aromatic rings. The van der Waals surface area contributed by atoms with Crippen LogP contribution < -0.4 is 4.90 Å². The van der Waals surface area contributed by atoms with Gasteiger partial charge in [0.15, 0.2) is 0 Å². The number of aromatic nitrogens is 1. The summed E-state index contributed by atoms with van der Waals surface area (Å²) in [5.74, 6) is 0.947. The predicted octanol–water partition coefficient (Wildman–Crippen LogP) is 3.96. The van der Waals surface area contributed by atoms with Crippen LogP contribution in [0.2, 0.25) is 0 Å². The smallest absolute Gasteiger partial charge is 0.129 e. The van der Waals surface area contributed by atoms with E-state index in [0.29, 0.717) is 0 Å². The molecule has 0 saturated carbocycles. The second-order valence-corrected chi connectivity index (χ2v) is 7.25. The summed E-state index contributed by atoms with van der Waals surface area (Å²) in [6.07, 6.45) is 0. The van der Waals surface area contributed by atoms with Gasteiger partial charge in [-0.3, -0.25) is 0 Å². The topological polar surface area (TPSA) is 36.4 Å². The highest BCUT2D eigenvalue weighted by atomic mass is 32.1. The third-order valence-corrected chi connectivity index (χ3v) is 4.32. The van der Waals surface area contributed by atoms with Gasteiger partial charge in [0, 0.05) is 22.5 Å². The molecule has 0 bridgehead atoms. The summed E-state index contributed by atoms with van der Waals surface area (Å²) in [5, 5.41) is 11.6. The van der Waals surface area contributed by atoms with Crippen LogP contribution in [-0.2, 0) is 18.6 Å². The van der Waals surface area contributed by atoms with Crippen molar-refractivity contribution in [3.8, 4) is 0 Å². The Balaban J connectivity index is 2.35. The molecule has 0 saturated heterocycles. The van der Waals surface area contributed by atoms with Gasteiger partial charge >= 0.3 is 0 Å². The number of pyridine rings is 1. The average molecular weight is 304 g/mol. The van der Waals surface area contributed by atoms with Crippen LogP contribution in [0.3, 0.4) is 0 Å². The zero-order valence-electron chi connectivity index (χ0n) is 13.3. The van der Waals surface area contributed by atoms with Crippen LogP contribution >= 0.6 is 11.3 Å². The fourth-order valence-electron chi connectivity index (χ4n) is 2.15. The maximum absolute atomic E-state index is 9.52. The average Bonchev–Trinajstić information content (AvgIpc) is 2.96. The van der Waals surface area contributed by atoms with E-state index in [2.05, 4.69) is 50.1 Å². The molecule has 0 radical (unpaired) electrons. The maximum atomic E-state index is 9.52. The van der Waals surface area contributed by atoms with Crippen molar-refractivity contribution in [1.82, 2.24) is 4.98 Å². The molecule has 0 atom stereocenters.